The minimum atomic E-state index is -1.12. The summed E-state index contributed by atoms with van der Waals surface area (Å²) in [6.07, 6.45) is -1.12. The van der Waals surface area contributed by atoms with Gasteiger partial charge in [0.15, 0.2) is 11.7 Å². The number of oxazole rings is 1. The molecule has 1 atom stereocenters. The molecule has 0 fully saturated rings. The van der Waals surface area contributed by atoms with Crippen LogP contribution in [0.1, 0.15) is 12.5 Å². The predicted octanol–water partition coefficient (Wildman–Crippen LogP) is 2.88. The lowest BCUT2D eigenvalue weighted by molar-refractivity contribution is -0.151. The first-order valence-corrected chi connectivity index (χ1v) is 9.80. The van der Waals surface area contributed by atoms with Crippen molar-refractivity contribution in [1.82, 2.24) is 15.6 Å². The molecule has 3 amide bonds. The van der Waals surface area contributed by atoms with E-state index >= 15 is 0 Å². The molecule has 8 nitrogen and oxygen atoms in total. The number of benzene rings is 2. The second kappa shape index (κ2) is 9.74. The minimum Gasteiger partial charge on any atom is -0.452 e. The number of amides is 3. The average molecular weight is 413 g/mol. The number of carbonyl (C=O) groups excluding carboxylic acids is 3. The number of nitrogens with zero attached hydrogens (tertiary/aromatic N) is 1. The van der Waals surface area contributed by atoms with Crippen LogP contribution >= 0.6 is 11.8 Å². The van der Waals surface area contributed by atoms with Crippen LogP contribution in [0.3, 0.4) is 0 Å². The number of aromatic nitrogens is 1. The van der Waals surface area contributed by atoms with Gasteiger partial charge in [0.05, 0.1) is 0 Å². The summed E-state index contributed by atoms with van der Waals surface area (Å²) in [4.78, 5) is 40.0. The second-order valence-corrected chi connectivity index (χ2v) is 6.95. The fourth-order valence-electron chi connectivity index (χ4n) is 2.35. The molecule has 0 radical (unpaired) electrons. The molecule has 0 aliphatic rings. The largest absolute Gasteiger partial charge is 0.452 e. The van der Waals surface area contributed by atoms with Crippen LogP contribution in [0.4, 0.5) is 4.79 Å². The number of hydrogen-bond acceptors (Lipinski definition) is 7. The molecule has 0 aliphatic carbocycles. The molecule has 0 aliphatic heterocycles. The number of hydrogen-bond donors (Lipinski definition) is 2. The van der Waals surface area contributed by atoms with Gasteiger partial charge >= 0.3 is 12.0 Å². The number of fused-ring (bicyclic) bond motifs is 1. The van der Waals surface area contributed by atoms with E-state index in [0.29, 0.717) is 16.3 Å². The summed E-state index contributed by atoms with van der Waals surface area (Å²) in [6, 6.07) is 15.8. The number of nitrogens with one attached hydrogen (secondary N) is 2. The summed E-state index contributed by atoms with van der Waals surface area (Å²) in [5.41, 5.74) is 2.21. The van der Waals surface area contributed by atoms with E-state index in [2.05, 4.69) is 15.6 Å². The zero-order chi connectivity index (χ0) is 20.6. The molecule has 0 spiro atoms. The summed E-state index contributed by atoms with van der Waals surface area (Å²) in [5, 5.41) is 5.04. The van der Waals surface area contributed by atoms with Gasteiger partial charge in [-0.05, 0) is 24.6 Å². The third-order valence-electron chi connectivity index (χ3n) is 3.80. The summed E-state index contributed by atoms with van der Waals surface area (Å²) < 4.78 is 10.5. The number of esters is 1. The van der Waals surface area contributed by atoms with Crippen LogP contribution < -0.4 is 10.6 Å². The maximum atomic E-state index is 12.0. The molecule has 29 heavy (non-hydrogen) atoms. The number of carbonyl (C=O) groups is 3. The van der Waals surface area contributed by atoms with E-state index < -0.39 is 24.0 Å². The quantitative estimate of drug-likeness (QED) is 0.453. The highest BCUT2D eigenvalue weighted by Gasteiger charge is 2.20. The molecule has 0 saturated carbocycles. The van der Waals surface area contributed by atoms with Gasteiger partial charge in [0, 0.05) is 6.54 Å². The van der Waals surface area contributed by atoms with E-state index in [4.69, 9.17) is 9.15 Å². The van der Waals surface area contributed by atoms with Gasteiger partial charge in [0.25, 0.3) is 11.1 Å². The van der Waals surface area contributed by atoms with Crippen molar-refractivity contribution in [2.45, 2.75) is 24.8 Å². The SMILES string of the molecule is C[C@@H](OC(=O)CSc1nc2ccccc2o1)C(=O)NC(=O)NCc1ccccc1. The highest BCUT2D eigenvalue weighted by Crippen LogP contribution is 2.23. The van der Waals surface area contributed by atoms with Gasteiger partial charge in [-0.25, -0.2) is 9.78 Å². The maximum Gasteiger partial charge on any atom is 0.321 e. The van der Waals surface area contributed by atoms with Crippen molar-refractivity contribution in [2.75, 3.05) is 5.75 Å². The Bertz CT molecular complexity index is 973. The molecule has 2 aromatic carbocycles. The molecular weight excluding hydrogens is 394 g/mol. The molecular formula is C20H19N3O5S. The fourth-order valence-corrected chi connectivity index (χ4v) is 2.98. The summed E-state index contributed by atoms with van der Waals surface area (Å²) >= 11 is 1.06. The zero-order valence-corrected chi connectivity index (χ0v) is 16.4. The van der Waals surface area contributed by atoms with Crippen molar-refractivity contribution in [3.8, 4) is 0 Å². The summed E-state index contributed by atoms with van der Waals surface area (Å²) in [5.74, 6) is -1.41. The third kappa shape index (κ3) is 6.08. The summed E-state index contributed by atoms with van der Waals surface area (Å²) in [6.45, 7) is 1.66. The van der Waals surface area contributed by atoms with Gasteiger partial charge in [0.2, 0.25) is 0 Å². The Morgan fingerprint density at radius 1 is 1.10 bits per heavy atom. The van der Waals surface area contributed by atoms with Gasteiger partial charge in [-0.15, -0.1) is 0 Å². The monoisotopic (exact) mass is 413 g/mol. The first-order valence-electron chi connectivity index (χ1n) is 8.82. The summed E-state index contributed by atoms with van der Waals surface area (Å²) in [7, 11) is 0. The van der Waals surface area contributed by atoms with Crippen molar-refractivity contribution in [3.05, 3.63) is 60.2 Å². The minimum absolute atomic E-state index is 0.0787. The Morgan fingerprint density at radius 3 is 2.59 bits per heavy atom. The Balaban J connectivity index is 1.40. The number of thioether (sulfide) groups is 1. The molecule has 0 bridgehead atoms. The average Bonchev–Trinajstić information content (AvgIpc) is 3.14. The first-order chi connectivity index (χ1) is 14.0. The second-order valence-electron chi connectivity index (χ2n) is 6.03. The van der Waals surface area contributed by atoms with E-state index in [1.165, 1.54) is 6.92 Å². The zero-order valence-electron chi connectivity index (χ0n) is 15.6. The standard InChI is InChI=1S/C20H19N3O5S/c1-13(18(25)23-19(26)21-11-14-7-3-2-4-8-14)27-17(24)12-29-20-22-15-9-5-6-10-16(15)28-20/h2-10,13H,11-12H2,1H3,(H2,21,23,25,26)/t13-/m1/s1. The van der Waals surface area contributed by atoms with Crippen LogP contribution in [-0.4, -0.2) is 34.7 Å². The van der Waals surface area contributed by atoms with Crippen LogP contribution in [0.2, 0.25) is 0 Å². The first kappa shape index (κ1) is 20.4. The van der Waals surface area contributed by atoms with Crippen molar-refractivity contribution in [2.24, 2.45) is 0 Å². The maximum absolute atomic E-state index is 12.0. The van der Waals surface area contributed by atoms with Gasteiger partial charge in [-0.2, -0.15) is 0 Å². The van der Waals surface area contributed by atoms with Gasteiger partial charge in [0.1, 0.15) is 11.3 Å². The lowest BCUT2D eigenvalue weighted by Gasteiger charge is -2.13. The van der Waals surface area contributed by atoms with Crippen LogP contribution in [0.25, 0.3) is 11.1 Å². The number of para-hydroxylation sites is 2. The number of ether oxygens (including phenoxy) is 1. The number of rotatable bonds is 7. The topological polar surface area (TPSA) is 111 Å². The number of imide groups is 1. The molecule has 1 aromatic heterocycles. The molecule has 0 unspecified atom stereocenters. The smallest absolute Gasteiger partial charge is 0.321 e. The lowest BCUT2D eigenvalue weighted by Crippen LogP contribution is -2.44. The normalized spacial score (nSPS) is 11.6. The van der Waals surface area contributed by atoms with E-state index in [1.807, 2.05) is 42.5 Å². The highest BCUT2D eigenvalue weighted by molar-refractivity contribution is 7.99. The molecule has 3 aromatic rings. The Labute approximate surface area is 171 Å². The van der Waals surface area contributed by atoms with Crippen LogP contribution in [-0.2, 0) is 20.9 Å². The predicted molar refractivity (Wildman–Crippen MR) is 107 cm³/mol. The van der Waals surface area contributed by atoms with Crippen LogP contribution in [0.5, 0.6) is 0 Å². The number of urea groups is 1. The third-order valence-corrected chi connectivity index (χ3v) is 4.60. The van der Waals surface area contributed by atoms with Gasteiger partial charge in [-0.3, -0.25) is 14.9 Å². The molecule has 1 heterocycles. The highest BCUT2D eigenvalue weighted by atomic mass is 32.2. The molecule has 2 N–H and O–H groups in total. The van der Waals surface area contributed by atoms with Crippen molar-refractivity contribution in [3.63, 3.8) is 0 Å². The Morgan fingerprint density at radius 2 is 1.83 bits per heavy atom. The Kier molecular flexibility index (Phi) is 6.85. The van der Waals surface area contributed by atoms with Crippen molar-refractivity contribution < 1.29 is 23.5 Å². The van der Waals surface area contributed by atoms with E-state index in [9.17, 15) is 14.4 Å². The van der Waals surface area contributed by atoms with Crippen LogP contribution in [0.15, 0.2) is 64.2 Å². The van der Waals surface area contributed by atoms with E-state index in [-0.39, 0.29) is 12.3 Å². The van der Waals surface area contributed by atoms with E-state index in [0.717, 1.165) is 17.3 Å². The lowest BCUT2D eigenvalue weighted by atomic mass is 10.2. The van der Waals surface area contributed by atoms with Crippen LogP contribution in [0, 0.1) is 0 Å². The van der Waals surface area contributed by atoms with E-state index in [1.54, 1.807) is 12.1 Å². The van der Waals surface area contributed by atoms with Gasteiger partial charge in [-0.1, -0.05) is 54.2 Å². The molecule has 0 saturated heterocycles. The molecule has 9 heteroatoms. The fraction of sp³-hybridized carbons (Fsp3) is 0.200. The van der Waals surface area contributed by atoms with Crippen molar-refractivity contribution >= 4 is 40.8 Å². The van der Waals surface area contributed by atoms with Crippen molar-refractivity contribution in [1.29, 1.82) is 0 Å². The van der Waals surface area contributed by atoms with Gasteiger partial charge < -0.3 is 14.5 Å². The molecule has 3 rings (SSSR count). The molecule has 150 valence electrons. The Hall–Kier alpha value is -3.33.